The molecule has 4 nitrogen and oxygen atoms in total. The van der Waals surface area contributed by atoms with Crippen molar-refractivity contribution in [1.82, 2.24) is 0 Å². The zero-order valence-corrected chi connectivity index (χ0v) is 12.3. The summed E-state index contributed by atoms with van der Waals surface area (Å²) in [5, 5.41) is 3.29. The molecule has 0 bridgehead atoms. The Morgan fingerprint density at radius 1 is 1.32 bits per heavy atom. The van der Waals surface area contributed by atoms with E-state index in [0.29, 0.717) is 6.42 Å². The number of hydrogen-bond donors (Lipinski definition) is 2. The van der Waals surface area contributed by atoms with Gasteiger partial charge in [0.25, 0.3) is 0 Å². The van der Waals surface area contributed by atoms with Gasteiger partial charge in [0.1, 0.15) is 0 Å². The molecule has 1 aromatic rings. The molecule has 1 fully saturated rings. The zero-order valence-electron chi connectivity index (χ0n) is 11.5. The number of hydrogen-bond acceptors (Lipinski definition) is 3. The number of carbonyl (C=O) groups excluding carboxylic acids is 1. The maximum Gasteiger partial charge on any atom is 0.227 e. The summed E-state index contributed by atoms with van der Waals surface area (Å²) in [6.45, 7) is 5.52. The van der Waals surface area contributed by atoms with Crippen molar-refractivity contribution in [1.29, 1.82) is 0 Å². The Hall–Kier alpha value is -1.26. The van der Waals surface area contributed by atoms with Gasteiger partial charge in [-0.1, -0.05) is 0 Å². The fourth-order valence-corrected chi connectivity index (χ4v) is 2.01. The van der Waals surface area contributed by atoms with E-state index in [4.69, 9.17) is 5.73 Å². The van der Waals surface area contributed by atoms with E-state index in [-0.39, 0.29) is 23.9 Å². The monoisotopic (exact) mass is 283 g/mol. The number of rotatable bonds is 4. The first-order chi connectivity index (χ1) is 8.46. The van der Waals surface area contributed by atoms with Gasteiger partial charge in [0.2, 0.25) is 5.91 Å². The van der Waals surface area contributed by atoms with Crippen LogP contribution in [0, 0.1) is 0 Å². The summed E-state index contributed by atoms with van der Waals surface area (Å²) in [4.78, 5) is 13.5. The SMILES string of the molecule is CC(C)(N)CNc1ccc(N2CCCC2=O)cc1.Cl. The Kier molecular flexibility index (Phi) is 5.20. The van der Waals surface area contributed by atoms with E-state index in [2.05, 4.69) is 5.32 Å². The number of carbonyl (C=O) groups is 1. The van der Waals surface area contributed by atoms with Gasteiger partial charge in [0.05, 0.1) is 0 Å². The quantitative estimate of drug-likeness (QED) is 0.892. The number of nitrogens with two attached hydrogens (primary N) is 1. The number of nitrogens with zero attached hydrogens (tertiary/aromatic N) is 1. The number of halogens is 1. The molecule has 0 radical (unpaired) electrons. The third-order valence-corrected chi connectivity index (χ3v) is 3.00. The van der Waals surface area contributed by atoms with Gasteiger partial charge in [-0.15, -0.1) is 12.4 Å². The average molecular weight is 284 g/mol. The topological polar surface area (TPSA) is 58.4 Å². The van der Waals surface area contributed by atoms with Crippen molar-refractivity contribution in [3.05, 3.63) is 24.3 Å². The minimum absolute atomic E-state index is 0. The third-order valence-electron chi connectivity index (χ3n) is 3.00. The summed E-state index contributed by atoms with van der Waals surface area (Å²) >= 11 is 0. The molecule has 0 spiro atoms. The van der Waals surface area contributed by atoms with Gasteiger partial charge in [-0.25, -0.2) is 0 Å². The molecule has 1 heterocycles. The molecule has 1 aliphatic rings. The van der Waals surface area contributed by atoms with Crippen LogP contribution in [0.5, 0.6) is 0 Å². The second-order valence-electron chi connectivity index (χ2n) is 5.54. The van der Waals surface area contributed by atoms with Gasteiger partial charge >= 0.3 is 0 Å². The molecule has 19 heavy (non-hydrogen) atoms. The highest BCUT2D eigenvalue weighted by Gasteiger charge is 2.21. The number of benzene rings is 1. The second-order valence-corrected chi connectivity index (χ2v) is 5.54. The lowest BCUT2D eigenvalue weighted by Gasteiger charge is -2.20. The molecule has 2 rings (SSSR count). The molecule has 3 N–H and O–H groups in total. The van der Waals surface area contributed by atoms with Gasteiger partial charge in [-0.3, -0.25) is 4.79 Å². The van der Waals surface area contributed by atoms with Crippen LogP contribution in [0.15, 0.2) is 24.3 Å². The number of nitrogens with one attached hydrogen (secondary N) is 1. The lowest BCUT2D eigenvalue weighted by molar-refractivity contribution is -0.117. The van der Waals surface area contributed by atoms with Crippen molar-refractivity contribution in [2.75, 3.05) is 23.3 Å². The molecule has 1 aliphatic heterocycles. The van der Waals surface area contributed by atoms with Crippen molar-refractivity contribution in [3.8, 4) is 0 Å². The first kappa shape index (κ1) is 15.8. The van der Waals surface area contributed by atoms with Gasteiger partial charge in [-0.2, -0.15) is 0 Å². The average Bonchev–Trinajstić information content (AvgIpc) is 2.73. The standard InChI is InChI=1S/C14H21N3O.ClH/c1-14(2,15)10-16-11-5-7-12(8-6-11)17-9-3-4-13(17)18;/h5-8,16H,3-4,9-10,15H2,1-2H3;1H. The molecule has 0 saturated carbocycles. The largest absolute Gasteiger partial charge is 0.383 e. The van der Waals surface area contributed by atoms with Crippen LogP contribution < -0.4 is 16.0 Å². The molecular weight excluding hydrogens is 262 g/mol. The van der Waals surface area contributed by atoms with Crippen LogP contribution in [0.25, 0.3) is 0 Å². The Morgan fingerprint density at radius 2 is 1.95 bits per heavy atom. The molecule has 1 aromatic carbocycles. The summed E-state index contributed by atoms with van der Waals surface area (Å²) in [6, 6.07) is 7.95. The van der Waals surface area contributed by atoms with Crippen molar-refractivity contribution >= 4 is 29.7 Å². The van der Waals surface area contributed by atoms with Gasteiger partial charge in [-0.05, 0) is 44.5 Å². The van der Waals surface area contributed by atoms with E-state index < -0.39 is 0 Å². The Bertz CT molecular complexity index is 425. The first-order valence-corrected chi connectivity index (χ1v) is 6.39. The lowest BCUT2D eigenvalue weighted by Crippen LogP contribution is -2.39. The minimum Gasteiger partial charge on any atom is -0.383 e. The normalized spacial score (nSPS) is 15.3. The van der Waals surface area contributed by atoms with Crippen LogP contribution in [-0.4, -0.2) is 24.5 Å². The molecular formula is C14H22ClN3O. The maximum atomic E-state index is 11.6. The van der Waals surface area contributed by atoms with E-state index in [1.807, 2.05) is 43.0 Å². The van der Waals surface area contributed by atoms with Crippen LogP contribution in [0.1, 0.15) is 26.7 Å². The Labute approximate surface area is 120 Å². The molecule has 1 saturated heterocycles. The molecule has 106 valence electrons. The van der Waals surface area contributed by atoms with Crippen LogP contribution in [0.4, 0.5) is 11.4 Å². The smallest absolute Gasteiger partial charge is 0.227 e. The predicted molar refractivity (Wildman–Crippen MR) is 82.0 cm³/mol. The molecule has 0 aliphatic carbocycles. The number of amides is 1. The lowest BCUT2D eigenvalue weighted by atomic mass is 10.1. The molecule has 0 unspecified atom stereocenters. The number of anilines is 2. The highest BCUT2D eigenvalue weighted by atomic mass is 35.5. The van der Waals surface area contributed by atoms with Crippen molar-refractivity contribution in [3.63, 3.8) is 0 Å². The van der Waals surface area contributed by atoms with E-state index in [9.17, 15) is 4.79 Å². The van der Waals surface area contributed by atoms with Crippen LogP contribution in [-0.2, 0) is 4.79 Å². The fourth-order valence-electron chi connectivity index (χ4n) is 2.01. The third kappa shape index (κ3) is 4.40. The minimum atomic E-state index is -0.233. The summed E-state index contributed by atoms with van der Waals surface area (Å²) in [7, 11) is 0. The van der Waals surface area contributed by atoms with Gasteiger partial charge in [0, 0.05) is 36.4 Å². The van der Waals surface area contributed by atoms with Crippen molar-refractivity contribution in [2.24, 2.45) is 5.73 Å². The van der Waals surface area contributed by atoms with Crippen molar-refractivity contribution < 1.29 is 4.79 Å². The van der Waals surface area contributed by atoms with E-state index in [0.717, 1.165) is 30.9 Å². The summed E-state index contributed by atoms with van der Waals surface area (Å²) in [5.41, 5.74) is 7.70. The van der Waals surface area contributed by atoms with Crippen LogP contribution in [0.2, 0.25) is 0 Å². The molecule has 0 aromatic heterocycles. The predicted octanol–water partition coefficient (Wildman–Crippen LogP) is 2.38. The van der Waals surface area contributed by atoms with E-state index >= 15 is 0 Å². The van der Waals surface area contributed by atoms with Crippen LogP contribution in [0.3, 0.4) is 0 Å². The van der Waals surface area contributed by atoms with Crippen LogP contribution >= 0.6 is 12.4 Å². The second kappa shape index (κ2) is 6.26. The van der Waals surface area contributed by atoms with Gasteiger partial charge < -0.3 is 16.0 Å². The maximum absolute atomic E-state index is 11.6. The highest BCUT2D eigenvalue weighted by molar-refractivity contribution is 5.95. The fraction of sp³-hybridized carbons (Fsp3) is 0.500. The molecule has 5 heteroatoms. The van der Waals surface area contributed by atoms with E-state index in [1.54, 1.807) is 0 Å². The Balaban J connectivity index is 0.00000180. The zero-order chi connectivity index (χ0) is 13.2. The Morgan fingerprint density at radius 3 is 2.42 bits per heavy atom. The highest BCUT2D eigenvalue weighted by Crippen LogP contribution is 2.23. The first-order valence-electron chi connectivity index (χ1n) is 6.39. The van der Waals surface area contributed by atoms with Gasteiger partial charge in [0.15, 0.2) is 0 Å². The van der Waals surface area contributed by atoms with E-state index in [1.165, 1.54) is 0 Å². The summed E-state index contributed by atoms with van der Waals surface area (Å²) < 4.78 is 0. The molecule has 0 atom stereocenters. The molecule has 1 amide bonds. The summed E-state index contributed by atoms with van der Waals surface area (Å²) in [5.74, 6) is 0.221. The summed E-state index contributed by atoms with van der Waals surface area (Å²) in [6.07, 6.45) is 1.63. The van der Waals surface area contributed by atoms with Crippen molar-refractivity contribution in [2.45, 2.75) is 32.2 Å².